The van der Waals surface area contributed by atoms with E-state index in [1.807, 2.05) is 0 Å². The summed E-state index contributed by atoms with van der Waals surface area (Å²) in [6.07, 6.45) is 3.37. The summed E-state index contributed by atoms with van der Waals surface area (Å²) in [5.74, 6) is -1.17. The van der Waals surface area contributed by atoms with Gasteiger partial charge in [0.15, 0.2) is 5.69 Å². The lowest BCUT2D eigenvalue weighted by Crippen LogP contribution is -2.34. The van der Waals surface area contributed by atoms with Crippen LogP contribution in [0.5, 0.6) is 0 Å². The lowest BCUT2D eigenvalue weighted by atomic mass is 10.1. The number of nitrogens with one attached hydrogen (secondary N) is 1. The van der Waals surface area contributed by atoms with E-state index in [2.05, 4.69) is 15.6 Å². The molecule has 1 aliphatic rings. The molecule has 2 rings (SSSR count). The van der Waals surface area contributed by atoms with Crippen LogP contribution < -0.4 is 5.32 Å². The van der Waals surface area contributed by atoms with Crippen LogP contribution in [0.2, 0.25) is 0 Å². The zero-order valence-electron chi connectivity index (χ0n) is 15.6. The molecule has 0 aliphatic heterocycles. The van der Waals surface area contributed by atoms with Crippen molar-refractivity contribution >= 4 is 12.1 Å². The molecule has 1 fully saturated rings. The zero-order valence-corrected chi connectivity index (χ0v) is 15.6. The smallest absolute Gasteiger partial charge is 0.407 e. The molecule has 1 saturated carbocycles. The number of aliphatic hydroxyl groups is 1. The minimum absolute atomic E-state index is 0.146. The van der Waals surface area contributed by atoms with Crippen molar-refractivity contribution in [1.29, 1.82) is 0 Å². The number of aromatic nitrogens is 3. The normalized spacial score (nSPS) is 21.1. The fourth-order valence-electron chi connectivity index (χ4n) is 3.13. The molecule has 2 unspecified atom stereocenters. The van der Waals surface area contributed by atoms with E-state index in [0.717, 1.165) is 25.7 Å². The Bertz CT molecular complexity index is 638. The number of hydrogen-bond donors (Lipinski definition) is 3. The second-order valence-electron chi connectivity index (χ2n) is 7.59. The molecule has 2 atom stereocenters. The highest BCUT2D eigenvalue weighted by molar-refractivity contribution is 5.86. The van der Waals surface area contributed by atoms with E-state index in [1.54, 1.807) is 20.8 Å². The van der Waals surface area contributed by atoms with Gasteiger partial charge in [0.1, 0.15) is 5.60 Å². The minimum Gasteiger partial charge on any atom is -0.476 e. The summed E-state index contributed by atoms with van der Waals surface area (Å²) >= 11 is 0. The molecule has 26 heavy (non-hydrogen) atoms. The molecule has 9 nitrogen and oxygen atoms in total. The van der Waals surface area contributed by atoms with Crippen molar-refractivity contribution in [3.05, 3.63) is 11.4 Å². The number of aromatic carboxylic acids is 1. The van der Waals surface area contributed by atoms with E-state index >= 15 is 0 Å². The van der Waals surface area contributed by atoms with Crippen molar-refractivity contribution in [2.24, 2.45) is 0 Å². The van der Waals surface area contributed by atoms with Crippen LogP contribution >= 0.6 is 0 Å². The van der Waals surface area contributed by atoms with Gasteiger partial charge >= 0.3 is 12.1 Å². The van der Waals surface area contributed by atoms with Gasteiger partial charge in [0, 0.05) is 13.0 Å². The second kappa shape index (κ2) is 8.48. The van der Waals surface area contributed by atoms with Crippen LogP contribution in [0.1, 0.15) is 75.1 Å². The molecule has 0 aromatic carbocycles. The fraction of sp³-hybridized carbons (Fsp3) is 0.765. The SMILES string of the molecule is CC(C)(C)OC(=O)NCCc1c(C(=O)O)nnn1C1CCCCCC1O. The van der Waals surface area contributed by atoms with Gasteiger partial charge in [-0.05, 0) is 33.6 Å². The number of carbonyl (C=O) groups is 2. The Labute approximate surface area is 152 Å². The summed E-state index contributed by atoms with van der Waals surface area (Å²) in [5, 5.41) is 30.1. The first-order valence-corrected chi connectivity index (χ1v) is 9.01. The molecule has 1 heterocycles. The molecule has 1 aliphatic carbocycles. The van der Waals surface area contributed by atoms with Crippen LogP contribution in [0.4, 0.5) is 4.79 Å². The number of nitrogens with zero attached hydrogens (tertiary/aromatic N) is 3. The minimum atomic E-state index is -1.17. The zero-order chi connectivity index (χ0) is 19.3. The number of rotatable bonds is 5. The van der Waals surface area contributed by atoms with Gasteiger partial charge in [0.05, 0.1) is 17.8 Å². The van der Waals surface area contributed by atoms with Crippen molar-refractivity contribution in [1.82, 2.24) is 20.3 Å². The number of ether oxygens (including phenoxy) is 1. The van der Waals surface area contributed by atoms with Crippen LogP contribution in [0.25, 0.3) is 0 Å². The molecule has 1 amide bonds. The number of amides is 1. The summed E-state index contributed by atoms with van der Waals surface area (Å²) in [6.45, 7) is 5.48. The number of carbonyl (C=O) groups excluding carboxylic acids is 1. The van der Waals surface area contributed by atoms with Gasteiger partial charge in [-0.1, -0.05) is 24.5 Å². The number of carboxylic acid groups (broad SMARTS) is 1. The second-order valence-corrected chi connectivity index (χ2v) is 7.59. The average molecular weight is 368 g/mol. The lowest BCUT2D eigenvalue weighted by Gasteiger charge is -2.23. The average Bonchev–Trinajstić information content (AvgIpc) is 2.81. The standard InChI is InChI=1S/C17H28N4O5/c1-17(2,3)26-16(25)18-10-9-12-14(15(23)24)19-20-21(12)11-7-5-4-6-8-13(11)22/h11,13,22H,4-10H2,1-3H3,(H,18,25)(H,23,24). The predicted octanol–water partition coefficient (Wildman–Crippen LogP) is 1.91. The molecule has 146 valence electrons. The Morgan fingerprint density at radius 1 is 1.27 bits per heavy atom. The maximum atomic E-state index is 11.8. The summed E-state index contributed by atoms with van der Waals surface area (Å²) in [7, 11) is 0. The Morgan fingerprint density at radius 2 is 1.96 bits per heavy atom. The highest BCUT2D eigenvalue weighted by atomic mass is 16.6. The molecule has 1 aromatic rings. The van der Waals surface area contributed by atoms with Crippen LogP contribution in [0.3, 0.4) is 0 Å². The molecule has 1 aromatic heterocycles. The van der Waals surface area contributed by atoms with Crippen molar-refractivity contribution in [3.63, 3.8) is 0 Å². The van der Waals surface area contributed by atoms with E-state index < -0.39 is 23.8 Å². The maximum absolute atomic E-state index is 11.8. The Hall–Kier alpha value is -2.16. The third kappa shape index (κ3) is 5.42. The van der Waals surface area contributed by atoms with E-state index in [1.165, 1.54) is 4.68 Å². The van der Waals surface area contributed by atoms with Gasteiger partial charge in [-0.3, -0.25) is 0 Å². The van der Waals surface area contributed by atoms with Crippen LogP contribution in [0.15, 0.2) is 0 Å². The van der Waals surface area contributed by atoms with Crippen LogP contribution in [-0.4, -0.2) is 55.5 Å². The van der Waals surface area contributed by atoms with E-state index in [4.69, 9.17) is 4.74 Å². The quantitative estimate of drug-likeness (QED) is 0.678. The van der Waals surface area contributed by atoms with Crippen molar-refractivity contribution in [2.45, 2.75) is 77.0 Å². The third-order valence-corrected chi connectivity index (χ3v) is 4.28. The van der Waals surface area contributed by atoms with Gasteiger partial charge in [-0.15, -0.1) is 5.10 Å². The molecule has 0 radical (unpaired) electrons. The molecule has 0 bridgehead atoms. The lowest BCUT2D eigenvalue weighted by molar-refractivity contribution is 0.0527. The molecule has 3 N–H and O–H groups in total. The highest BCUT2D eigenvalue weighted by Crippen LogP contribution is 2.28. The van der Waals surface area contributed by atoms with Crippen LogP contribution in [-0.2, 0) is 11.2 Å². The van der Waals surface area contributed by atoms with Gasteiger partial charge in [-0.2, -0.15) is 0 Å². The fourth-order valence-corrected chi connectivity index (χ4v) is 3.13. The first-order chi connectivity index (χ1) is 12.2. The van der Waals surface area contributed by atoms with E-state index in [9.17, 15) is 19.8 Å². The molecule has 0 saturated heterocycles. The summed E-state index contributed by atoms with van der Waals surface area (Å²) < 4.78 is 6.69. The first-order valence-electron chi connectivity index (χ1n) is 9.01. The third-order valence-electron chi connectivity index (χ3n) is 4.28. The molecule has 9 heteroatoms. The highest BCUT2D eigenvalue weighted by Gasteiger charge is 2.29. The Kier molecular flexibility index (Phi) is 6.57. The van der Waals surface area contributed by atoms with Crippen molar-refractivity contribution in [2.75, 3.05) is 6.54 Å². The summed E-state index contributed by atoms with van der Waals surface area (Å²) in [6, 6.07) is -0.297. The van der Waals surface area contributed by atoms with Crippen LogP contribution in [0, 0.1) is 0 Å². The number of hydrogen-bond acceptors (Lipinski definition) is 6. The Morgan fingerprint density at radius 3 is 2.62 bits per heavy atom. The number of aliphatic hydroxyl groups excluding tert-OH is 1. The monoisotopic (exact) mass is 368 g/mol. The van der Waals surface area contributed by atoms with Gasteiger partial charge < -0.3 is 20.3 Å². The molecule has 0 spiro atoms. The molecular formula is C17H28N4O5. The van der Waals surface area contributed by atoms with Crippen molar-refractivity contribution < 1.29 is 24.5 Å². The topological polar surface area (TPSA) is 127 Å². The summed E-state index contributed by atoms with van der Waals surface area (Å²) in [5.41, 5.74) is -0.351. The molecular weight excluding hydrogens is 340 g/mol. The first kappa shape index (κ1) is 20.2. The number of carboxylic acids is 1. The number of alkyl carbamates (subject to hydrolysis) is 1. The largest absolute Gasteiger partial charge is 0.476 e. The van der Waals surface area contributed by atoms with E-state index in [0.29, 0.717) is 12.1 Å². The maximum Gasteiger partial charge on any atom is 0.407 e. The predicted molar refractivity (Wildman–Crippen MR) is 93.1 cm³/mol. The van der Waals surface area contributed by atoms with Gasteiger partial charge in [-0.25, -0.2) is 14.3 Å². The van der Waals surface area contributed by atoms with E-state index in [-0.39, 0.29) is 24.7 Å². The Balaban J connectivity index is 2.11. The summed E-state index contributed by atoms with van der Waals surface area (Å²) in [4.78, 5) is 23.2. The van der Waals surface area contributed by atoms with Gasteiger partial charge in [0.25, 0.3) is 0 Å². The van der Waals surface area contributed by atoms with Gasteiger partial charge in [0.2, 0.25) is 0 Å². The van der Waals surface area contributed by atoms with Crippen molar-refractivity contribution in [3.8, 4) is 0 Å².